The lowest BCUT2D eigenvalue weighted by atomic mass is 9.83. The first-order valence-corrected chi connectivity index (χ1v) is 6.92. The first-order chi connectivity index (χ1) is 10.4. The Morgan fingerprint density at radius 3 is 1.77 bits per heavy atom. The number of esters is 3. The number of hydrogen-bond acceptors (Lipinski definition) is 6. The van der Waals surface area contributed by atoms with Gasteiger partial charge in [-0.2, -0.15) is 0 Å². The molecule has 0 N–H and O–H groups in total. The maximum absolute atomic E-state index is 11.5. The largest absolute Gasteiger partial charge is 0.455 e. The molecule has 1 aliphatic carbocycles. The Morgan fingerprint density at radius 1 is 0.818 bits per heavy atom. The van der Waals surface area contributed by atoms with Crippen molar-refractivity contribution in [3.63, 3.8) is 0 Å². The third-order valence-corrected chi connectivity index (χ3v) is 3.43. The lowest BCUT2D eigenvalue weighted by Crippen LogP contribution is -2.51. The SMILES string of the molecule is C=CC(=O)O[C@H]1[C@H](OC(=O)C=C)C(C)CC[C@H]1OC(=O)C=C. The summed E-state index contributed by atoms with van der Waals surface area (Å²) in [6.07, 6.45) is 1.83. The summed E-state index contributed by atoms with van der Waals surface area (Å²) < 4.78 is 15.7. The average Bonchev–Trinajstić information content (AvgIpc) is 2.52. The van der Waals surface area contributed by atoms with E-state index < -0.39 is 36.2 Å². The van der Waals surface area contributed by atoms with Crippen LogP contribution in [0.2, 0.25) is 0 Å². The van der Waals surface area contributed by atoms with Crippen molar-refractivity contribution in [3.05, 3.63) is 38.0 Å². The van der Waals surface area contributed by atoms with E-state index in [0.717, 1.165) is 18.2 Å². The summed E-state index contributed by atoms with van der Waals surface area (Å²) in [7, 11) is 0. The van der Waals surface area contributed by atoms with Crippen LogP contribution in [0.3, 0.4) is 0 Å². The summed E-state index contributed by atoms with van der Waals surface area (Å²) >= 11 is 0. The molecule has 120 valence electrons. The highest BCUT2D eigenvalue weighted by Crippen LogP contribution is 2.31. The highest BCUT2D eigenvalue weighted by atomic mass is 16.6. The van der Waals surface area contributed by atoms with E-state index in [1.807, 2.05) is 6.92 Å². The predicted octanol–water partition coefficient (Wildman–Crippen LogP) is 1.71. The van der Waals surface area contributed by atoms with Gasteiger partial charge in [-0.1, -0.05) is 26.7 Å². The van der Waals surface area contributed by atoms with E-state index in [9.17, 15) is 14.4 Å². The molecule has 1 aliphatic rings. The van der Waals surface area contributed by atoms with Gasteiger partial charge in [0.2, 0.25) is 0 Å². The second kappa shape index (κ2) is 8.17. The fourth-order valence-corrected chi connectivity index (χ4v) is 2.30. The fraction of sp³-hybridized carbons (Fsp3) is 0.438. The molecule has 0 amide bonds. The first kappa shape index (κ1) is 17.7. The standard InChI is InChI=1S/C16H20O6/c1-5-12(17)20-11-9-8-10(4)15(21-13(18)6-2)16(11)22-14(19)7-3/h5-7,10-11,15-16H,1-3,8-9H2,4H3/t10?,11-,15-,16-/m1/s1. The minimum Gasteiger partial charge on any atom is -0.455 e. The highest BCUT2D eigenvalue weighted by molar-refractivity contribution is 5.83. The van der Waals surface area contributed by atoms with Crippen molar-refractivity contribution in [1.29, 1.82) is 0 Å². The molecule has 0 aromatic rings. The summed E-state index contributed by atoms with van der Waals surface area (Å²) in [5, 5.41) is 0. The van der Waals surface area contributed by atoms with E-state index in [1.165, 1.54) is 0 Å². The van der Waals surface area contributed by atoms with Crippen molar-refractivity contribution in [1.82, 2.24) is 0 Å². The zero-order valence-corrected chi connectivity index (χ0v) is 12.5. The van der Waals surface area contributed by atoms with Gasteiger partial charge in [0, 0.05) is 18.2 Å². The Balaban J connectivity index is 2.99. The van der Waals surface area contributed by atoms with Crippen LogP contribution in [0.4, 0.5) is 0 Å². The number of hydrogen-bond donors (Lipinski definition) is 0. The van der Waals surface area contributed by atoms with Gasteiger partial charge < -0.3 is 14.2 Å². The lowest BCUT2D eigenvalue weighted by Gasteiger charge is -2.39. The van der Waals surface area contributed by atoms with Crippen LogP contribution < -0.4 is 0 Å². The Labute approximate surface area is 129 Å². The van der Waals surface area contributed by atoms with Crippen LogP contribution in [0.15, 0.2) is 38.0 Å². The molecule has 0 radical (unpaired) electrons. The minimum absolute atomic E-state index is 0.0646. The molecular weight excluding hydrogens is 288 g/mol. The van der Waals surface area contributed by atoms with Crippen molar-refractivity contribution in [3.8, 4) is 0 Å². The maximum atomic E-state index is 11.5. The third-order valence-electron chi connectivity index (χ3n) is 3.43. The number of rotatable bonds is 6. The van der Waals surface area contributed by atoms with Crippen molar-refractivity contribution in [2.45, 2.75) is 38.1 Å². The quantitative estimate of drug-likeness (QED) is 0.422. The van der Waals surface area contributed by atoms with Crippen LogP contribution in [0, 0.1) is 5.92 Å². The van der Waals surface area contributed by atoms with Crippen LogP contribution in [0.25, 0.3) is 0 Å². The highest BCUT2D eigenvalue weighted by Gasteiger charge is 2.44. The zero-order valence-electron chi connectivity index (χ0n) is 12.5. The van der Waals surface area contributed by atoms with Gasteiger partial charge in [-0.05, 0) is 18.8 Å². The average molecular weight is 308 g/mol. The van der Waals surface area contributed by atoms with E-state index in [0.29, 0.717) is 12.8 Å². The second-order valence-electron chi connectivity index (χ2n) is 4.95. The molecule has 0 saturated heterocycles. The Kier molecular flexibility index (Phi) is 6.56. The smallest absolute Gasteiger partial charge is 0.330 e. The maximum Gasteiger partial charge on any atom is 0.330 e. The number of carbonyl (C=O) groups is 3. The summed E-state index contributed by atoms with van der Waals surface area (Å²) in [5.41, 5.74) is 0. The molecule has 1 unspecified atom stereocenters. The van der Waals surface area contributed by atoms with E-state index in [1.54, 1.807) is 0 Å². The molecule has 1 saturated carbocycles. The topological polar surface area (TPSA) is 78.9 Å². The van der Waals surface area contributed by atoms with E-state index >= 15 is 0 Å². The van der Waals surface area contributed by atoms with Gasteiger partial charge in [0.1, 0.15) is 12.2 Å². The molecule has 1 fully saturated rings. The molecular formula is C16H20O6. The van der Waals surface area contributed by atoms with Gasteiger partial charge >= 0.3 is 17.9 Å². The molecule has 0 aliphatic heterocycles. The van der Waals surface area contributed by atoms with Crippen LogP contribution in [-0.4, -0.2) is 36.2 Å². The predicted molar refractivity (Wildman–Crippen MR) is 78.6 cm³/mol. The van der Waals surface area contributed by atoms with Crippen molar-refractivity contribution >= 4 is 17.9 Å². The summed E-state index contributed by atoms with van der Waals surface area (Å²) in [4.78, 5) is 34.4. The molecule has 6 nitrogen and oxygen atoms in total. The molecule has 0 aromatic carbocycles. The first-order valence-electron chi connectivity index (χ1n) is 6.92. The van der Waals surface area contributed by atoms with Crippen LogP contribution >= 0.6 is 0 Å². The van der Waals surface area contributed by atoms with Crippen molar-refractivity contribution < 1.29 is 28.6 Å². The monoisotopic (exact) mass is 308 g/mol. The molecule has 22 heavy (non-hydrogen) atoms. The van der Waals surface area contributed by atoms with E-state index in [2.05, 4.69) is 19.7 Å². The minimum atomic E-state index is -0.901. The van der Waals surface area contributed by atoms with Gasteiger partial charge in [-0.15, -0.1) is 0 Å². The number of carbonyl (C=O) groups excluding carboxylic acids is 3. The molecule has 0 spiro atoms. The van der Waals surface area contributed by atoms with Gasteiger partial charge in [-0.25, -0.2) is 14.4 Å². The Bertz CT molecular complexity index is 481. The van der Waals surface area contributed by atoms with Gasteiger partial charge in [0.15, 0.2) is 6.10 Å². The van der Waals surface area contributed by atoms with Crippen LogP contribution in [0.1, 0.15) is 19.8 Å². The van der Waals surface area contributed by atoms with Crippen molar-refractivity contribution in [2.24, 2.45) is 5.92 Å². The lowest BCUT2D eigenvalue weighted by molar-refractivity contribution is -0.191. The third kappa shape index (κ3) is 4.58. The van der Waals surface area contributed by atoms with Gasteiger partial charge in [0.05, 0.1) is 0 Å². The molecule has 0 bridgehead atoms. The van der Waals surface area contributed by atoms with Crippen LogP contribution in [-0.2, 0) is 28.6 Å². The summed E-state index contributed by atoms with van der Waals surface area (Å²) in [5.74, 6) is -2.01. The molecule has 1 rings (SSSR count). The van der Waals surface area contributed by atoms with Crippen molar-refractivity contribution in [2.75, 3.05) is 0 Å². The molecule has 0 heterocycles. The van der Waals surface area contributed by atoms with Gasteiger partial charge in [-0.3, -0.25) is 0 Å². The Hall–Kier alpha value is -2.37. The summed E-state index contributed by atoms with van der Waals surface area (Å²) in [6, 6.07) is 0. The summed E-state index contributed by atoms with van der Waals surface area (Å²) in [6.45, 7) is 11.9. The Morgan fingerprint density at radius 2 is 1.27 bits per heavy atom. The molecule has 6 heteroatoms. The zero-order chi connectivity index (χ0) is 16.7. The second-order valence-corrected chi connectivity index (χ2v) is 4.95. The van der Waals surface area contributed by atoms with Crippen LogP contribution in [0.5, 0.6) is 0 Å². The van der Waals surface area contributed by atoms with E-state index in [-0.39, 0.29) is 5.92 Å². The van der Waals surface area contributed by atoms with Gasteiger partial charge in [0.25, 0.3) is 0 Å². The molecule has 4 atom stereocenters. The number of ether oxygens (including phenoxy) is 3. The molecule has 0 aromatic heterocycles. The normalized spacial score (nSPS) is 27.1. The van der Waals surface area contributed by atoms with E-state index in [4.69, 9.17) is 14.2 Å². The fourth-order valence-electron chi connectivity index (χ4n) is 2.30.